The molecule has 3 unspecified atom stereocenters. The van der Waals surface area contributed by atoms with Crippen LogP contribution >= 0.6 is 0 Å². The summed E-state index contributed by atoms with van der Waals surface area (Å²) in [7, 11) is 1.40. The van der Waals surface area contributed by atoms with Gasteiger partial charge in [-0.25, -0.2) is 0 Å². The van der Waals surface area contributed by atoms with E-state index in [1.165, 1.54) is 7.11 Å². The Morgan fingerprint density at radius 3 is 2.50 bits per heavy atom. The Kier molecular flexibility index (Phi) is 5.59. The lowest BCUT2D eigenvalue weighted by atomic mass is 9.99. The standard InChI is InChI=1S/C13H23NO4/c1-5-11(13(16)18-6-2)14-7-9(3)10(8-14)12(15)17-4/h9-11H,5-8H2,1-4H3. The molecular weight excluding hydrogens is 234 g/mol. The molecule has 0 amide bonds. The van der Waals surface area contributed by atoms with E-state index < -0.39 is 0 Å². The number of methoxy groups -OCH3 is 1. The molecule has 0 aromatic carbocycles. The fourth-order valence-corrected chi connectivity index (χ4v) is 2.53. The van der Waals surface area contributed by atoms with Crippen molar-refractivity contribution in [3.63, 3.8) is 0 Å². The van der Waals surface area contributed by atoms with E-state index in [2.05, 4.69) is 0 Å². The molecule has 0 saturated carbocycles. The van der Waals surface area contributed by atoms with E-state index in [-0.39, 0.29) is 29.8 Å². The van der Waals surface area contributed by atoms with Crippen LogP contribution in [0.2, 0.25) is 0 Å². The van der Waals surface area contributed by atoms with Crippen LogP contribution in [0.15, 0.2) is 0 Å². The van der Waals surface area contributed by atoms with Gasteiger partial charge in [0.2, 0.25) is 0 Å². The summed E-state index contributed by atoms with van der Waals surface area (Å²) in [5.74, 6) is -0.319. The van der Waals surface area contributed by atoms with Crippen LogP contribution in [0, 0.1) is 11.8 Å². The van der Waals surface area contributed by atoms with E-state index in [4.69, 9.17) is 9.47 Å². The van der Waals surface area contributed by atoms with Gasteiger partial charge in [-0.2, -0.15) is 0 Å². The number of likely N-dealkylation sites (tertiary alicyclic amines) is 1. The van der Waals surface area contributed by atoms with Crippen molar-refractivity contribution >= 4 is 11.9 Å². The Morgan fingerprint density at radius 1 is 1.33 bits per heavy atom. The summed E-state index contributed by atoms with van der Waals surface area (Å²) in [5.41, 5.74) is 0. The number of hydrogen-bond acceptors (Lipinski definition) is 5. The molecule has 1 fully saturated rings. The van der Waals surface area contributed by atoms with E-state index in [1.807, 2.05) is 18.7 Å². The van der Waals surface area contributed by atoms with E-state index in [9.17, 15) is 9.59 Å². The maximum absolute atomic E-state index is 11.8. The van der Waals surface area contributed by atoms with Gasteiger partial charge in [-0.15, -0.1) is 0 Å². The normalized spacial score (nSPS) is 25.8. The second-order valence-electron chi connectivity index (χ2n) is 4.74. The first-order chi connectivity index (χ1) is 8.54. The van der Waals surface area contributed by atoms with Crippen LogP contribution in [0.3, 0.4) is 0 Å². The molecule has 0 aromatic heterocycles. The van der Waals surface area contributed by atoms with Crippen molar-refractivity contribution in [2.75, 3.05) is 26.8 Å². The van der Waals surface area contributed by atoms with Gasteiger partial charge in [0.25, 0.3) is 0 Å². The second kappa shape index (κ2) is 6.73. The number of carbonyl (C=O) groups excluding carboxylic acids is 2. The minimum absolute atomic E-state index is 0.140. The molecule has 104 valence electrons. The number of nitrogens with zero attached hydrogens (tertiary/aromatic N) is 1. The molecule has 0 aromatic rings. The van der Waals surface area contributed by atoms with Gasteiger partial charge in [0.15, 0.2) is 0 Å². The summed E-state index contributed by atoms with van der Waals surface area (Å²) in [6.45, 7) is 7.47. The molecule has 3 atom stereocenters. The van der Waals surface area contributed by atoms with Crippen LogP contribution < -0.4 is 0 Å². The van der Waals surface area contributed by atoms with Gasteiger partial charge in [0.05, 0.1) is 19.6 Å². The van der Waals surface area contributed by atoms with Crippen LogP contribution in [0.4, 0.5) is 0 Å². The predicted octanol–water partition coefficient (Wildman–Crippen LogP) is 1.07. The van der Waals surface area contributed by atoms with Crippen LogP contribution in [0.1, 0.15) is 27.2 Å². The zero-order valence-electron chi connectivity index (χ0n) is 11.6. The van der Waals surface area contributed by atoms with E-state index in [0.29, 0.717) is 19.6 Å². The van der Waals surface area contributed by atoms with Crippen molar-refractivity contribution in [3.8, 4) is 0 Å². The van der Waals surface area contributed by atoms with Gasteiger partial charge in [-0.05, 0) is 19.3 Å². The molecule has 5 nitrogen and oxygen atoms in total. The predicted molar refractivity (Wildman–Crippen MR) is 67.0 cm³/mol. The topological polar surface area (TPSA) is 55.8 Å². The highest BCUT2D eigenvalue weighted by Crippen LogP contribution is 2.26. The summed E-state index contributed by atoms with van der Waals surface area (Å²) in [5, 5.41) is 0. The molecule has 0 aliphatic carbocycles. The third-order valence-electron chi connectivity index (χ3n) is 3.53. The van der Waals surface area contributed by atoms with Crippen LogP contribution in [0.5, 0.6) is 0 Å². The Balaban J connectivity index is 2.67. The lowest BCUT2D eigenvalue weighted by molar-refractivity contribution is -0.150. The number of ether oxygens (including phenoxy) is 2. The monoisotopic (exact) mass is 257 g/mol. The molecule has 0 bridgehead atoms. The van der Waals surface area contributed by atoms with E-state index in [1.54, 1.807) is 6.92 Å². The van der Waals surface area contributed by atoms with Gasteiger partial charge in [0, 0.05) is 13.1 Å². The molecular formula is C13H23NO4. The minimum atomic E-state index is -0.248. The quantitative estimate of drug-likeness (QED) is 0.690. The van der Waals surface area contributed by atoms with Gasteiger partial charge in [-0.3, -0.25) is 14.5 Å². The largest absolute Gasteiger partial charge is 0.469 e. The first-order valence-electron chi connectivity index (χ1n) is 6.53. The molecule has 1 heterocycles. The number of hydrogen-bond donors (Lipinski definition) is 0. The molecule has 5 heteroatoms. The first-order valence-corrected chi connectivity index (χ1v) is 6.53. The Bertz CT molecular complexity index is 305. The highest BCUT2D eigenvalue weighted by atomic mass is 16.5. The molecule has 0 spiro atoms. The third-order valence-corrected chi connectivity index (χ3v) is 3.53. The van der Waals surface area contributed by atoms with Crippen molar-refractivity contribution in [1.29, 1.82) is 0 Å². The summed E-state index contributed by atoms with van der Waals surface area (Å²) in [6.07, 6.45) is 0.694. The average molecular weight is 257 g/mol. The second-order valence-corrected chi connectivity index (χ2v) is 4.74. The van der Waals surface area contributed by atoms with Gasteiger partial charge in [0.1, 0.15) is 6.04 Å². The smallest absolute Gasteiger partial charge is 0.323 e. The first kappa shape index (κ1) is 15.0. The summed E-state index contributed by atoms with van der Waals surface area (Å²) in [4.78, 5) is 25.5. The lowest BCUT2D eigenvalue weighted by Crippen LogP contribution is -2.41. The van der Waals surface area contributed by atoms with E-state index in [0.717, 1.165) is 6.54 Å². The molecule has 1 aliphatic rings. The SMILES string of the molecule is CCOC(=O)C(CC)N1CC(C)C(C(=O)OC)C1. The van der Waals surface area contributed by atoms with Crippen molar-refractivity contribution < 1.29 is 19.1 Å². The Labute approximate surface area is 108 Å². The number of carbonyl (C=O) groups is 2. The zero-order chi connectivity index (χ0) is 13.7. The minimum Gasteiger partial charge on any atom is -0.469 e. The molecule has 18 heavy (non-hydrogen) atoms. The number of esters is 2. The highest BCUT2D eigenvalue weighted by molar-refractivity contribution is 5.77. The summed E-state index contributed by atoms with van der Waals surface area (Å²) in [6, 6.07) is -0.248. The fourth-order valence-electron chi connectivity index (χ4n) is 2.53. The van der Waals surface area contributed by atoms with Crippen molar-refractivity contribution in [1.82, 2.24) is 4.90 Å². The summed E-state index contributed by atoms with van der Waals surface area (Å²) < 4.78 is 9.86. The molecule has 1 rings (SSSR count). The maximum Gasteiger partial charge on any atom is 0.323 e. The van der Waals surface area contributed by atoms with Crippen LogP contribution in [0.25, 0.3) is 0 Å². The number of rotatable bonds is 5. The van der Waals surface area contributed by atoms with Gasteiger partial charge < -0.3 is 9.47 Å². The van der Waals surface area contributed by atoms with Gasteiger partial charge in [-0.1, -0.05) is 13.8 Å². The van der Waals surface area contributed by atoms with Gasteiger partial charge >= 0.3 is 11.9 Å². The molecule has 0 N–H and O–H groups in total. The Morgan fingerprint density at radius 2 is 2.00 bits per heavy atom. The zero-order valence-corrected chi connectivity index (χ0v) is 11.6. The fraction of sp³-hybridized carbons (Fsp3) is 0.846. The van der Waals surface area contributed by atoms with Crippen molar-refractivity contribution in [2.45, 2.75) is 33.2 Å². The highest BCUT2D eigenvalue weighted by Gasteiger charge is 2.40. The maximum atomic E-state index is 11.8. The Hall–Kier alpha value is -1.10. The molecule has 0 radical (unpaired) electrons. The van der Waals surface area contributed by atoms with Crippen LogP contribution in [-0.2, 0) is 19.1 Å². The molecule has 1 saturated heterocycles. The lowest BCUT2D eigenvalue weighted by Gasteiger charge is -2.24. The molecule has 1 aliphatic heterocycles. The van der Waals surface area contributed by atoms with Crippen LogP contribution in [-0.4, -0.2) is 49.7 Å². The van der Waals surface area contributed by atoms with Crippen molar-refractivity contribution in [2.24, 2.45) is 11.8 Å². The van der Waals surface area contributed by atoms with Crippen molar-refractivity contribution in [3.05, 3.63) is 0 Å². The summed E-state index contributed by atoms with van der Waals surface area (Å²) >= 11 is 0. The third kappa shape index (κ3) is 3.22. The van der Waals surface area contributed by atoms with E-state index >= 15 is 0 Å². The average Bonchev–Trinajstić information content (AvgIpc) is 2.71.